The maximum absolute atomic E-state index is 13.5. The summed E-state index contributed by atoms with van der Waals surface area (Å²) in [6, 6.07) is 4.50. The lowest BCUT2D eigenvalue weighted by molar-refractivity contribution is -0.137. The minimum atomic E-state index is -4.63. The average molecular weight is 523 g/mol. The summed E-state index contributed by atoms with van der Waals surface area (Å²) in [5, 5.41) is 3.48. The minimum absolute atomic E-state index is 0.0186. The normalized spacial score (nSPS) is 16.4. The van der Waals surface area contributed by atoms with Crippen LogP contribution in [-0.2, 0) is 17.5 Å². The second kappa shape index (κ2) is 10.4. The molecule has 1 N–H and O–H groups in total. The fourth-order valence-electron chi connectivity index (χ4n) is 3.70. The van der Waals surface area contributed by atoms with Gasteiger partial charge in [-0.15, -0.1) is 0 Å². The molecule has 4 rings (SSSR count). The average Bonchev–Trinajstić information content (AvgIpc) is 2.83. The lowest BCUT2D eigenvalue weighted by Crippen LogP contribution is -2.22. The molecule has 0 spiro atoms. The molecule has 0 aliphatic heterocycles. The number of ether oxygens (including phenoxy) is 1. The predicted molar refractivity (Wildman–Crippen MR) is 125 cm³/mol. The fraction of sp³-hybridized carbons (Fsp3) is 0.360. The molecular weight excluding hydrogens is 500 g/mol. The lowest BCUT2D eigenvalue weighted by Gasteiger charge is -2.20. The summed E-state index contributed by atoms with van der Waals surface area (Å²) in [7, 11) is 0. The van der Waals surface area contributed by atoms with Crippen molar-refractivity contribution in [3.05, 3.63) is 65.7 Å². The van der Waals surface area contributed by atoms with Crippen LogP contribution >= 0.6 is 0 Å². The zero-order chi connectivity index (χ0) is 26.8. The Morgan fingerprint density at radius 2 is 1.81 bits per heavy atom. The molecule has 1 unspecified atom stereocenters. The Morgan fingerprint density at radius 3 is 2.46 bits per heavy atom. The van der Waals surface area contributed by atoms with Gasteiger partial charge in [0.2, 0.25) is 0 Å². The van der Waals surface area contributed by atoms with Gasteiger partial charge in [-0.05, 0) is 36.6 Å². The number of alkyl halides is 6. The van der Waals surface area contributed by atoms with Crippen molar-refractivity contribution in [1.29, 1.82) is 0 Å². The highest BCUT2D eigenvalue weighted by Crippen LogP contribution is 2.36. The van der Waals surface area contributed by atoms with E-state index in [9.17, 15) is 26.3 Å². The molecule has 0 saturated carbocycles. The summed E-state index contributed by atoms with van der Waals surface area (Å²) in [5.74, 6) is 0.751. The molecule has 0 aromatic carbocycles. The van der Waals surface area contributed by atoms with Crippen LogP contribution < -0.4 is 5.32 Å². The maximum Gasteiger partial charge on any atom is 0.418 e. The van der Waals surface area contributed by atoms with Crippen molar-refractivity contribution in [3.8, 4) is 11.4 Å². The number of hydrogen-bond donors (Lipinski definition) is 1. The first-order valence-corrected chi connectivity index (χ1v) is 11.4. The molecule has 37 heavy (non-hydrogen) atoms. The summed E-state index contributed by atoms with van der Waals surface area (Å²) >= 11 is 0. The Morgan fingerprint density at radius 1 is 1.03 bits per heavy atom. The molecule has 12 heteroatoms. The summed E-state index contributed by atoms with van der Waals surface area (Å²) in [5.41, 5.74) is -1.95. The number of anilines is 1. The van der Waals surface area contributed by atoms with Crippen LogP contribution in [-0.4, -0.2) is 38.8 Å². The molecule has 196 valence electrons. The Kier molecular flexibility index (Phi) is 7.49. The van der Waals surface area contributed by atoms with E-state index in [1.165, 1.54) is 30.5 Å². The van der Waals surface area contributed by atoms with Crippen molar-refractivity contribution in [2.24, 2.45) is 5.92 Å². The van der Waals surface area contributed by atoms with E-state index in [2.05, 4.69) is 25.3 Å². The van der Waals surface area contributed by atoms with E-state index < -0.39 is 29.5 Å². The number of nitrogens with zero attached hydrogens (tertiary/aromatic N) is 4. The maximum atomic E-state index is 13.5. The van der Waals surface area contributed by atoms with Crippen LogP contribution in [0.5, 0.6) is 0 Å². The topological polar surface area (TPSA) is 72.8 Å². The highest BCUT2D eigenvalue weighted by Gasteiger charge is 2.35. The molecular formula is C25H23F6N5O. The van der Waals surface area contributed by atoms with Gasteiger partial charge in [0.1, 0.15) is 18.1 Å². The molecule has 3 aromatic heterocycles. The van der Waals surface area contributed by atoms with Gasteiger partial charge in [-0.2, -0.15) is 26.3 Å². The summed E-state index contributed by atoms with van der Waals surface area (Å²) < 4.78 is 85.1. The second-order valence-electron chi connectivity index (χ2n) is 8.87. The third-order valence-corrected chi connectivity index (χ3v) is 5.39. The number of halogens is 6. The van der Waals surface area contributed by atoms with E-state index in [-0.39, 0.29) is 47.6 Å². The SMILES string of the molecule is CC(C)COCc1nc(NC2C=CC(C(F)(F)F)=CC2)c2ccc(-c3ncccc3C(F)(F)F)nc2n1. The zero-order valence-corrected chi connectivity index (χ0v) is 19.9. The number of aromatic nitrogens is 4. The summed E-state index contributed by atoms with van der Waals surface area (Å²) in [6.45, 7) is 4.37. The van der Waals surface area contributed by atoms with Gasteiger partial charge < -0.3 is 10.1 Å². The van der Waals surface area contributed by atoms with Crippen molar-refractivity contribution in [1.82, 2.24) is 19.9 Å². The first-order chi connectivity index (χ1) is 17.4. The standard InChI is InChI=1S/C25H23F6N5O/c1-14(2)12-37-13-20-35-22(33-16-7-5-15(6-8-16)24(26,27)28)17-9-10-19(34-23(17)36-20)21-18(25(29,30)31)4-3-11-32-21/h3-7,9-11,14,16H,8,12-13H2,1-2H3,(H,33,34,35,36). The number of pyridine rings is 2. The minimum Gasteiger partial charge on any atom is -0.373 e. The molecule has 0 fully saturated rings. The first-order valence-electron chi connectivity index (χ1n) is 11.4. The van der Waals surface area contributed by atoms with Crippen LogP contribution in [0.2, 0.25) is 0 Å². The van der Waals surface area contributed by atoms with Crippen molar-refractivity contribution < 1.29 is 31.1 Å². The van der Waals surface area contributed by atoms with Crippen LogP contribution in [0.3, 0.4) is 0 Å². The smallest absolute Gasteiger partial charge is 0.373 e. The van der Waals surface area contributed by atoms with E-state index in [1.54, 1.807) is 0 Å². The van der Waals surface area contributed by atoms with E-state index in [1.807, 2.05) is 13.8 Å². The molecule has 1 atom stereocenters. The molecule has 0 bridgehead atoms. The van der Waals surface area contributed by atoms with Crippen molar-refractivity contribution in [3.63, 3.8) is 0 Å². The number of nitrogens with one attached hydrogen (secondary N) is 1. The molecule has 3 aromatic rings. The van der Waals surface area contributed by atoms with E-state index in [4.69, 9.17) is 4.74 Å². The molecule has 1 aliphatic rings. The van der Waals surface area contributed by atoms with Gasteiger partial charge in [0, 0.05) is 18.8 Å². The zero-order valence-electron chi connectivity index (χ0n) is 19.9. The van der Waals surface area contributed by atoms with Crippen molar-refractivity contribution >= 4 is 16.9 Å². The van der Waals surface area contributed by atoms with Crippen molar-refractivity contribution in [2.75, 3.05) is 11.9 Å². The fourth-order valence-corrected chi connectivity index (χ4v) is 3.70. The van der Waals surface area contributed by atoms with Gasteiger partial charge in [0.15, 0.2) is 11.5 Å². The highest BCUT2D eigenvalue weighted by molar-refractivity contribution is 5.88. The van der Waals surface area contributed by atoms with E-state index >= 15 is 0 Å². The molecule has 1 aliphatic carbocycles. The Balaban J connectivity index is 1.71. The van der Waals surface area contributed by atoms with Gasteiger partial charge in [-0.1, -0.05) is 32.1 Å². The van der Waals surface area contributed by atoms with Crippen LogP contribution in [0.1, 0.15) is 31.7 Å². The third kappa shape index (κ3) is 6.43. The lowest BCUT2D eigenvalue weighted by atomic mass is 10.0. The third-order valence-electron chi connectivity index (χ3n) is 5.39. The van der Waals surface area contributed by atoms with Crippen LogP contribution in [0, 0.1) is 5.92 Å². The second-order valence-corrected chi connectivity index (χ2v) is 8.87. The van der Waals surface area contributed by atoms with E-state index in [0.717, 1.165) is 18.2 Å². The monoisotopic (exact) mass is 523 g/mol. The number of hydrogen-bond acceptors (Lipinski definition) is 6. The van der Waals surface area contributed by atoms with Crippen LogP contribution in [0.15, 0.2) is 54.3 Å². The number of fused-ring (bicyclic) bond motifs is 1. The summed E-state index contributed by atoms with van der Waals surface area (Å²) in [4.78, 5) is 17.0. The summed E-state index contributed by atoms with van der Waals surface area (Å²) in [6.07, 6.45) is -4.30. The van der Waals surface area contributed by atoms with Crippen LogP contribution in [0.4, 0.5) is 32.2 Å². The Bertz CT molecular complexity index is 1330. The van der Waals surface area contributed by atoms with Gasteiger partial charge in [0.25, 0.3) is 0 Å². The molecule has 3 heterocycles. The highest BCUT2D eigenvalue weighted by atomic mass is 19.4. The van der Waals surface area contributed by atoms with Gasteiger partial charge in [-0.3, -0.25) is 4.98 Å². The van der Waals surface area contributed by atoms with Gasteiger partial charge in [-0.25, -0.2) is 15.0 Å². The molecule has 0 saturated heterocycles. The quantitative estimate of drug-likeness (QED) is 0.356. The largest absolute Gasteiger partial charge is 0.418 e. The number of rotatable bonds is 7. The molecule has 6 nitrogen and oxygen atoms in total. The van der Waals surface area contributed by atoms with Gasteiger partial charge >= 0.3 is 12.4 Å². The Labute approximate surface area is 208 Å². The predicted octanol–water partition coefficient (Wildman–Crippen LogP) is 6.51. The molecule has 0 radical (unpaired) electrons. The number of allylic oxidation sites excluding steroid dienone is 2. The van der Waals surface area contributed by atoms with Crippen LogP contribution in [0.25, 0.3) is 22.4 Å². The van der Waals surface area contributed by atoms with Gasteiger partial charge in [0.05, 0.1) is 22.2 Å². The Hall–Kier alpha value is -3.54. The van der Waals surface area contributed by atoms with E-state index in [0.29, 0.717) is 12.0 Å². The molecule has 0 amide bonds. The van der Waals surface area contributed by atoms with Crippen molar-refractivity contribution in [2.45, 2.75) is 45.3 Å². The first kappa shape index (κ1) is 26.5.